The van der Waals surface area contributed by atoms with Gasteiger partial charge in [0.2, 0.25) is 0 Å². The van der Waals surface area contributed by atoms with E-state index in [1.54, 1.807) is 0 Å². The summed E-state index contributed by atoms with van der Waals surface area (Å²) in [5.74, 6) is 0.845. The molecule has 2 aliphatic rings. The molecule has 1 aromatic heterocycles. The Hall–Kier alpha value is -1.60. The Morgan fingerprint density at radius 1 is 1.33 bits per heavy atom. The molecule has 2 aliphatic heterocycles. The number of piperidine rings is 1. The molecule has 0 aliphatic carbocycles. The van der Waals surface area contributed by atoms with Crippen LogP contribution in [0.15, 0.2) is 12.1 Å². The summed E-state index contributed by atoms with van der Waals surface area (Å²) < 4.78 is 0. The van der Waals surface area contributed by atoms with E-state index in [0.717, 1.165) is 24.4 Å². The topological polar surface area (TPSA) is 60.7 Å². The van der Waals surface area contributed by atoms with Crippen molar-refractivity contribution in [1.29, 1.82) is 5.26 Å². The summed E-state index contributed by atoms with van der Waals surface area (Å²) in [5, 5.41) is 16.1. The largest absolute Gasteiger partial charge is 0.367 e. The first-order valence-corrected chi connectivity index (χ1v) is 6.64. The maximum atomic E-state index is 8.97. The number of aryl methyl sites for hydroxylation is 1. The highest BCUT2D eigenvalue weighted by Crippen LogP contribution is 2.28. The van der Waals surface area contributed by atoms with E-state index in [0.29, 0.717) is 23.7 Å². The zero-order valence-corrected chi connectivity index (χ0v) is 10.6. The predicted octanol–water partition coefficient (Wildman–Crippen LogP) is 1.96. The molecule has 18 heavy (non-hydrogen) atoms. The van der Waals surface area contributed by atoms with Gasteiger partial charge in [0.05, 0.1) is 11.6 Å². The van der Waals surface area contributed by atoms with Crippen LogP contribution in [0.3, 0.4) is 0 Å². The highest BCUT2D eigenvalue weighted by atomic mass is 15.1. The molecule has 4 nitrogen and oxygen atoms in total. The Bertz CT molecular complexity index is 479. The van der Waals surface area contributed by atoms with Crippen molar-refractivity contribution >= 4 is 5.82 Å². The van der Waals surface area contributed by atoms with Crippen LogP contribution in [0.25, 0.3) is 0 Å². The van der Waals surface area contributed by atoms with Crippen LogP contribution < -0.4 is 10.6 Å². The normalized spacial score (nSPS) is 29.9. The molecule has 2 atom stereocenters. The van der Waals surface area contributed by atoms with Crippen molar-refractivity contribution in [3.8, 4) is 6.07 Å². The summed E-state index contributed by atoms with van der Waals surface area (Å²) in [5.41, 5.74) is 1.58. The third kappa shape index (κ3) is 2.32. The van der Waals surface area contributed by atoms with E-state index in [2.05, 4.69) is 21.7 Å². The smallest absolute Gasteiger partial charge is 0.127 e. The number of anilines is 1. The Kier molecular flexibility index (Phi) is 2.92. The van der Waals surface area contributed by atoms with E-state index in [1.165, 1.54) is 12.8 Å². The molecule has 2 bridgehead atoms. The van der Waals surface area contributed by atoms with Crippen LogP contribution in [0.4, 0.5) is 5.82 Å². The van der Waals surface area contributed by atoms with Gasteiger partial charge in [-0.25, -0.2) is 4.98 Å². The van der Waals surface area contributed by atoms with Gasteiger partial charge in [0.1, 0.15) is 5.82 Å². The quantitative estimate of drug-likeness (QED) is 0.832. The minimum atomic E-state index is 0.490. The van der Waals surface area contributed by atoms with Crippen molar-refractivity contribution in [2.75, 3.05) is 5.32 Å². The number of pyridine rings is 1. The van der Waals surface area contributed by atoms with Gasteiger partial charge >= 0.3 is 0 Å². The lowest BCUT2D eigenvalue weighted by atomic mass is 10.00. The molecule has 0 radical (unpaired) electrons. The third-order valence-electron chi connectivity index (χ3n) is 3.91. The summed E-state index contributed by atoms with van der Waals surface area (Å²) in [6.07, 6.45) is 4.92. The Morgan fingerprint density at radius 3 is 2.72 bits per heavy atom. The summed E-state index contributed by atoms with van der Waals surface area (Å²) in [6.45, 7) is 1.93. The Morgan fingerprint density at radius 2 is 2.06 bits per heavy atom. The van der Waals surface area contributed by atoms with Gasteiger partial charge in [-0.05, 0) is 44.7 Å². The second-order valence-corrected chi connectivity index (χ2v) is 5.44. The molecular formula is C14H18N4. The number of nitrogens with zero attached hydrogens (tertiary/aromatic N) is 2. The van der Waals surface area contributed by atoms with E-state index >= 15 is 0 Å². The average molecular weight is 242 g/mol. The fraction of sp³-hybridized carbons (Fsp3) is 0.571. The maximum absolute atomic E-state index is 8.97. The lowest BCUT2D eigenvalue weighted by molar-refractivity contribution is 0.377. The first-order chi connectivity index (χ1) is 8.72. The van der Waals surface area contributed by atoms with Crippen LogP contribution in [-0.4, -0.2) is 23.1 Å². The van der Waals surface area contributed by atoms with Gasteiger partial charge in [0, 0.05) is 23.8 Å². The first-order valence-electron chi connectivity index (χ1n) is 6.64. The van der Waals surface area contributed by atoms with Crippen LogP contribution in [0.5, 0.6) is 0 Å². The summed E-state index contributed by atoms with van der Waals surface area (Å²) in [6, 6.07) is 7.67. The van der Waals surface area contributed by atoms with Gasteiger partial charge in [-0.3, -0.25) is 0 Å². The van der Waals surface area contributed by atoms with Crippen molar-refractivity contribution < 1.29 is 0 Å². The van der Waals surface area contributed by atoms with Crippen LogP contribution in [0.2, 0.25) is 0 Å². The predicted molar refractivity (Wildman–Crippen MR) is 70.3 cm³/mol. The molecule has 1 aromatic rings. The van der Waals surface area contributed by atoms with Gasteiger partial charge < -0.3 is 10.6 Å². The number of aromatic nitrogens is 1. The van der Waals surface area contributed by atoms with E-state index in [1.807, 2.05) is 19.1 Å². The van der Waals surface area contributed by atoms with Crippen LogP contribution >= 0.6 is 0 Å². The van der Waals surface area contributed by atoms with Gasteiger partial charge in [0.15, 0.2) is 0 Å². The van der Waals surface area contributed by atoms with E-state index in [4.69, 9.17) is 5.26 Å². The third-order valence-corrected chi connectivity index (χ3v) is 3.91. The number of hydrogen-bond donors (Lipinski definition) is 2. The molecule has 2 saturated heterocycles. The minimum absolute atomic E-state index is 0.490. The second kappa shape index (κ2) is 4.58. The second-order valence-electron chi connectivity index (χ2n) is 5.44. The van der Waals surface area contributed by atoms with Gasteiger partial charge in [0.25, 0.3) is 0 Å². The van der Waals surface area contributed by atoms with Gasteiger partial charge in [-0.1, -0.05) is 0 Å². The Labute approximate surface area is 107 Å². The molecule has 3 rings (SSSR count). The lowest BCUT2D eigenvalue weighted by Crippen LogP contribution is -2.43. The van der Waals surface area contributed by atoms with Crippen LogP contribution in [-0.2, 0) is 0 Å². The van der Waals surface area contributed by atoms with Crippen molar-refractivity contribution in [2.45, 2.75) is 50.7 Å². The molecule has 0 spiro atoms. The zero-order chi connectivity index (χ0) is 12.5. The number of nitriles is 1. The molecule has 4 heteroatoms. The fourth-order valence-corrected chi connectivity index (χ4v) is 3.19. The highest BCUT2D eigenvalue weighted by molar-refractivity contribution is 5.45. The fourth-order valence-electron chi connectivity index (χ4n) is 3.19. The van der Waals surface area contributed by atoms with E-state index < -0.39 is 0 Å². The van der Waals surface area contributed by atoms with Crippen molar-refractivity contribution in [1.82, 2.24) is 10.3 Å². The first kappa shape index (κ1) is 11.5. The zero-order valence-electron chi connectivity index (χ0n) is 10.6. The molecule has 0 aromatic carbocycles. The summed E-state index contributed by atoms with van der Waals surface area (Å²) in [7, 11) is 0. The van der Waals surface area contributed by atoms with Crippen molar-refractivity contribution in [3.63, 3.8) is 0 Å². The lowest BCUT2D eigenvalue weighted by Gasteiger charge is -2.30. The van der Waals surface area contributed by atoms with E-state index in [9.17, 15) is 0 Å². The molecule has 0 amide bonds. The molecular weight excluding hydrogens is 224 g/mol. The molecule has 0 saturated carbocycles. The summed E-state index contributed by atoms with van der Waals surface area (Å²) in [4.78, 5) is 4.46. The number of hydrogen-bond acceptors (Lipinski definition) is 4. The highest BCUT2D eigenvalue weighted by Gasteiger charge is 2.33. The van der Waals surface area contributed by atoms with Crippen molar-refractivity contribution in [3.05, 3.63) is 23.4 Å². The molecule has 2 fully saturated rings. The SMILES string of the molecule is Cc1cc(C#N)cc(NC2CC3CCC(C2)N3)n1. The standard InChI is InChI=1S/C14H18N4/c1-9-4-10(8-15)5-14(16-9)18-13-6-11-2-3-12(7-13)17-11/h4-5,11-13,17H,2-3,6-7H2,1H3,(H,16,18). The van der Waals surface area contributed by atoms with Gasteiger partial charge in [-0.15, -0.1) is 0 Å². The van der Waals surface area contributed by atoms with Crippen molar-refractivity contribution in [2.24, 2.45) is 0 Å². The average Bonchev–Trinajstić information content (AvgIpc) is 2.68. The molecule has 94 valence electrons. The minimum Gasteiger partial charge on any atom is -0.367 e. The number of rotatable bonds is 2. The molecule has 2 unspecified atom stereocenters. The Balaban J connectivity index is 1.73. The molecule has 2 N–H and O–H groups in total. The van der Waals surface area contributed by atoms with E-state index in [-0.39, 0.29) is 0 Å². The number of nitrogens with one attached hydrogen (secondary N) is 2. The monoisotopic (exact) mass is 242 g/mol. The molecule has 3 heterocycles. The number of fused-ring (bicyclic) bond motifs is 2. The van der Waals surface area contributed by atoms with Crippen LogP contribution in [0, 0.1) is 18.3 Å². The maximum Gasteiger partial charge on any atom is 0.127 e. The van der Waals surface area contributed by atoms with Crippen LogP contribution in [0.1, 0.15) is 36.9 Å². The van der Waals surface area contributed by atoms with Gasteiger partial charge in [-0.2, -0.15) is 5.26 Å². The summed E-state index contributed by atoms with van der Waals surface area (Å²) >= 11 is 0.